The number of ether oxygens (including phenoxy) is 2. The molecule has 1 aliphatic heterocycles. The molecule has 1 saturated heterocycles. The largest absolute Gasteiger partial charge is 0.497 e. The van der Waals surface area contributed by atoms with Crippen LogP contribution in [0.15, 0.2) is 30.7 Å². The number of benzene rings is 1. The molecule has 7 nitrogen and oxygen atoms in total. The predicted octanol–water partition coefficient (Wildman–Crippen LogP) is 3.50. The van der Waals surface area contributed by atoms with Crippen LogP contribution in [0.3, 0.4) is 0 Å². The first-order valence-corrected chi connectivity index (χ1v) is 9.21. The highest BCUT2D eigenvalue weighted by Gasteiger charge is 2.30. The number of hydrogen-bond donors (Lipinski definition) is 1. The van der Waals surface area contributed by atoms with Crippen molar-refractivity contribution in [3.05, 3.63) is 36.3 Å². The molecular weight excluding hydrogens is 387 g/mol. The maximum atomic E-state index is 13.1. The van der Waals surface area contributed by atoms with Gasteiger partial charge in [-0.15, -0.1) is 10.2 Å². The Morgan fingerprint density at radius 1 is 1.24 bits per heavy atom. The molecule has 0 amide bonds. The van der Waals surface area contributed by atoms with Crippen LogP contribution in [0.1, 0.15) is 18.4 Å². The SMILES string of the molecule is COc1ccc(-c2nnc(NC3CCOCC3)n3cncc23)c(CC(F)(F)F)c1. The Kier molecular flexibility index (Phi) is 5.27. The minimum Gasteiger partial charge on any atom is -0.497 e. The Morgan fingerprint density at radius 2 is 2.03 bits per heavy atom. The molecule has 2 aromatic heterocycles. The Labute approximate surface area is 164 Å². The van der Waals surface area contributed by atoms with Crippen LogP contribution in [0.25, 0.3) is 16.8 Å². The number of nitrogens with one attached hydrogen (secondary N) is 1. The maximum Gasteiger partial charge on any atom is 0.393 e. The quantitative estimate of drug-likeness (QED) is 0.698. The van der Waals surface area contributed by atoms with Gasteiger partial charge in [0.2, 0.25) is 5.95 Å². The van der Waals surface area contributed by atoms with Crippen molar-refractivity contribution in [3.8, 4) is 17.0 Å². The molecule has 0 spiro atoms. The third kappa shape index (κ3) is 4.26. The number of fused-ring (bicyclic) bond motifs is 1. The fourth-order valence-electron chi connectivity index (χ4n) is 3.44. The smallest absolute Gasteiger partial charge is 0.393 e. The third-order valence-electron chi connectivity index (χ3n) is 4.87. The van der Waals surface area contributed by atoms with E-state index in [0.29, 0.717) is 41.7 Å². The summed E-state index contributed by atoms with van der Waals surface area (Å²) in [6.45, 7) is 1.34. The molecule has 0 radical (unpaired) electrons. The Balaban J connectivity index is 1.75. The fraction of sp³-hybridized carbons (Fsp3) is 0.421. The zero-order valence-electron chi connectivity index (χ0n) is 15.7. The summed E-state index contributed by atoms with van der Waals surface area (Å²) in [5.41, 5.74) is 1.32. The van der Waals surface area contributed by atoms with Gasteiger partial charge in [-0.05, 0) is 36.6 Å². The molecular formula is C19H20F3N5O2. The van der Waals surface area contributed by atoms with Crippen LogP contribution in [-0.2, 0) is 11.2 Å². The molecule has 10 heteroatoms. The van der Waals surface area contributed by atoms with Crippen LogP contribution < -0.4 is 10.1 Å². The van der Waals surface area contributed by atoms with E-state index in [9.17, 15) is 13.2 Å². The van der Waals surface area contributed by atoms with Crippen molar-refractivity contribution in [3.63, 3.8) is 0 Å². The van der Waals surface area contributed by atoms with Crippen LogP contribution in [-0.4, -0.2) is 52.1 Å². The summed E-state index contributed by atoms with van der Waals surface area (Å²) in [4.78, 5) is 4.15. The fourth-order valence-corrected chi connectivity index (χ4v) is 3.44. The van der Waals surface area contributed by atoms with E-state index in [1.807, 2.05) is 0 Å². The Morgan fingerprint density at radius 3 is 2.76 bits per heavy atom. The predicted molar refractivity (Wildman–Crippen MR) is 100.0 cm³/mol. The number of anilines is 1. The molecule has 0 atom stereocenters. The maximum absolute atomic E-state index is 13.1. The van der Waals surface area contributed by atoms with Crippen molar-refractivity contribution < 1.29 is 22.6 Å². The minimum absolute atomic E-state index is 0.0689. The highest BCUT2D eigenvalue weighted by molar-refractivity contribution is 5.79. The van der Waals surface area contributed by atoms with Gasteiger partial charge in [-0.3, -0.25) is 4.40 Å². The van der Waals surface area contributed by atoms with Crippen molar-refractivity contribution >= 4 is 11.5 Å². The molecule has 1 fully saturated rings. The van der Waals surface area contributed by atoms with E-state index in [0.717, 1.165) is 12.8 Å². The van der Waals surface area contributed by atoms with E-state index in [1.165, 1.54) is 13.2 Å². The summed E-state index contributed by atoms with van der Waals surface area (Å²) in [6.07, 6.45) is -0.635. The van der Waals surface area contributed by atoms with Gasteiger partial charge in [-0.2, -0.15) is 13.2 Å². The van der Waals surface area contributed by atoms with Crippen LogP contribution >= 0.6 is 0 Å². The van der Waals surface area contributed by atoms with E-state index in [4.69, 9.17) is 9.47 Å². The summed E-state index contributed by atoms with van der Waals surface area (Å²) in [5, 5.41) is 11.8. The Bertz CT molecular complexity index is 999. The second-order valence-corrected chi connectivity index (χ2v) is 6.87. The van der Waals surface area contributed by atoms with Gasteiger partial charge in [0.25, 0.3) is 0 Å². The van der Waals surface area contributed by atoms with E-state index >= 15 is 0 Å². The topological polar surface area (TPSA) is 73.6 Å². The number of halogens is 3. The number of alkyl halides is 3. The second kappa shape index (κ2) is 7.86. The van der Waals surface area contributed by atoms with E-state index < -0.39 is 12.6 Å². The Hall–Kier alpha value is -2.88. The van der Waals surface area contributed by atoms with Gasteiger partial charge < -0.3 is 14.8 Å². The van der Waals surface area contributed by atoms with Gasteiger partial charge in [0.1, 0.15) is 17.8 Å². The molecule has 4 rings (SSSR count). The highest BCUT2D eigenvalue weighted by Crippen LogP contribution is 2.33. The zero-order chi connectivity index (χ0) is 20.4. The first kappa shape index (κ1) is 19.4. The van der Waals surface area contributed by atoms with Gasteiger partial charge in [-0.1, -0.05) is 0 Å². The van der Waals surface area contributed by atoms with E-state index in [-0.39, 0.29) is 11.6 Å². The van der Waals surface area contributed by atoms with Gasteiger partial charge in [0, 0.05) is 24.8 Å². The second-order valence-electron chi connectivity index (χ2n) is 6.87. The molecule has 154 valence electrons. The van der Waals surface area contributed by atoms with Gasteiger partial charge in [-0.25, -0.2) is 4.98 Å². The number of imidazole rings is 1. The number of aromatic nitrogens is 4. The van der Waals surface area contributed by atoms with Crippen molar-refractivity contribution in [2.45, 2.75) is 31.5 Å². The lowest BCUT2D eigenvalue weighted by molar-refractivity contribution is -0.127. The minimum atomic E-state index is -4.37. The normalized spacial score (nSPS) is 15.6. The number of rotatable bonds is 5. The van der Waals surface area contributed by atoms with Crippen molar-refractivity contribution in [1.29, 1.82) is 0 Å². The molecule has 1 aliphatic rings. The van der Waals surface area contributed by atoms with Crippen LogP contribution in [0.4, 0.5) is 19.1 Å². The molecule has 29 heavy (non-hydrogen) atoms. The van der Waals surface area contributed by atoms with Crippen LogP contribution in [0.2, 0.25) is 0 Å². The van der Waals surface area contributed by atoms with Crippen molar-refractivity contribution in [1.82, 2.24) is 19.6 Å². The molecule has 1 aromatic carbocycles. The first-order valence-electron chi connectivity index (χ1n) is 9.21. The first-order chi connectivity index (χ1) is 13.9. The number of hydrogen-bond acceptors (Lipinski definition) is 6. The summed E-state index contributed by atoms with van der Waals surface area (Å²) >= 11 is 0. The van der Waals surface area contributed by atoms with E-state index in [1.54, 1.807) is 29.1 Å². The van der Waals surface area contributed by atoms with Crippen LogP contribution in [0.5, 0.6) is 5.75 Å². The lowest BCUT2D eigenvalue weighted by Crippen LogP contribution is -2.29. The average Bonchev–Trinajstić information content (AvgIpc) is 3.18. The average molecular weight is 407 g/mol. The van der Waals surface area contributed by atoms with Crippen LogP contribution in [0, 0.1) is 0 Å². The molecule has 0 bridgehead atoms. The molecule has 1 N–H and O–H groups in total. The molecule has 0 unspecified atom stereocenters. The third-order valence-corrected chi connectivity index (χ3v) is 4.87. The number of nitrogens with zero attached hydrogens (tertiary/aromatic N) is 4. The van der Waals surface area contributed by atoms with Gasteiger partial charge in [0.05, 0.1) is 25.2 Å². The van der Waals surface area contributed by atoms with Gasteiger partial charge >= 0.3 is 6.18 Å². The van der Waals surface area contributed by atoms with Gasteiger partial charge in [0.15, 0.2) is 0 Å². The highest BCUT2D eigenvalue weighted by atomic mass is 19.4. The molecule has 0 aliphatic carbocycles. The molecule has 3 aromatic rings. The molecule has 0 saturated carbocycles. The monoisotopic (exact) mass is 407 g/mol. The lowest BCUT2D eigenvalue weighted by atomic mass is 10.0. The van der Waals surface area contributed by atoms with Crippen molar-refractivity contribution in [2.24, 2.45) is 0 Å². The molecule has 3 heterocycles. The summed E-state index contributed by atoms with van der Waals surface area (Å²) in [7, 11) is 1.41. The number of methoxy groups -OCH3 is 1. The standard InChI is InChI=1S/C19H20F3N5O2/c1-28-14-2-3-15(12(8-14)9-19(20,21)22)17-16-10-23-11-27(16)18(26-25-17)24-13-4-6-29-7-5-13/h2-3,8,10-11,13H,4-7,9H2,1H3,(H,24,26). The summed E-state index contributed by atoms with van der Waals surface area (Å²) in [6, 6.07) is 4.75. The zero-order valence-corrected chi connectivity index (χ0v) is 15.7. The lowest BCUT2D eigenvalue weighted by Gasteiger charge is -2.23. The van der Waals surface area contributed by atoms with Crippen molar-refractivity contribution in [2.75, 3.05) is 25.6 Å². The summed E-state index contributed by atoms with van der Waals surface area (Å²) < 4.78 is 51.6. The van der Waals surface area contributed by atoms with E-state index in [2.05, 4.69) is 20.5 Å². The summed E-state index contributed by atoms with van der Waals surface area (Å²) in [5.74, 6) is 0.849.